The first kappa shape index (κ1) is 19.0. The van der Waals surface area contributed by atoms with Crippen molar-refractivity contribution < 1.29 is 8.42 Å². The largest absolute Gasteiger partial charge is 0.303 e. The quantitative estimate of drug-likeness (QED) is 0.781. The number of hydrogen-bond acceptors (Lipinski definition) is 4. The predicted molar refractivity (Wildman–Crippen MR) is 104 cm³/mol. The highest BCUT2D eigenvalue weighted by Gasteiger charge is 2.30. The Labute approximate surface area is 156 Å². The van der Waals surface area contributed by atoms with E-state index in [1.54, 1.807) is 29.6 Å². The Kier molecular flexibility index (Phi) is 6.06. The molecule has 2 heterocycles. The lowest BCUT2D eigenvalue weighted by atomic mass is 10.1. The van der Waals surface area contributed by atoms with Crippen molar-refractivity contribution >= 4 is 10.0 Å². The molecule has 0 saturated carbocycles. The maximum atomic E-state index is 12.9. The fourth-order valence-electron chi connectivity index (χ4n) is 3.46. The van der Waals surface area contributed by atoms with E-state index in [1.807, 2.05) is 31.3 Å². The fraction of sp³-hybridized carbons (Fsp3) is 0.450. The van der Waals surface area contributed by atoms with Gasteiger partial charge in [0.1, 0.15) is 0 Å². The van der Waals surface area contributed by atoms with Crippen LogP contribution in [0, 0.1) is 6.92 Å². The first-order valence-electron chi connectivity index (χ1n) is 9.14. The molecule has 0 unspecified atom stereocenters. The van der Waals surface area contributed by atoms with Crippen LogP contribution in [0.5, 0.6) is 0 Å². The van der Waals surface area contributed by atoms with Crippen LogP contribution in [0.4, 0.5) is 0 Å². The first-order chi connectivity index (χ1) is 12.5. The zero-order valence-corrected chi connectivity index (χ0v) is 16.3. The molecular weight excluding hydrogens is 346 g/mol. The lowest BCUT2D eigenvalue weighted by molar-refractivity contribution is 0.171. The molecule has 1 aromatic heterocycles. The van der Waals surface area contributed by atoms with Crippen LogP contribution < -0.4 is 0 Å². The Hall–Kier alpha value is -1.76. The van der Waals surface area contributed by atoms with Gasteiger partial charge in [0.2, 0.25) is 10.0 Å². The number of piperidine rings is 1. The van der Waals surface area contributed by atoms with Crippen molar-refractivity contribution in [2.75, 3.05) is 26.7 Å². The average Bonchev–Trinajstić information content (AvgIpc) is 2.67. The van der Waals surface area contributed by atoms with Crippen molar-refractivity contribution in [1.82, 2.24) is 14.2 Å². The summed E-state index contributed by atoms with van der Waals surface area (Å²) in [4.78, 5) is 7.15. The minimum absolute atomic E-state index is 0.0617. The minimum Gasteiger partial charge on any atom is -0.303 e. The van der Waals surface area contributed by atoms with E-state index < -0.39 is 10.0 Å². The van der Waals surface area contributed by atoms with Crippen molar-refractivity contribution in [1.29, 1.82) is 0 Å². The van der Waals surface area contributed by atoms with Crippen LogP contribution in [0.15, 0.2) is 53.6 Å². The van der Waals surface area contributed by atoms with Gasteiger partial charge >= 0.3 is 0 Å². The van der Waals surface area contributed by atoms with Gasteiger partial charge in [-0.05, 0) is 62.7 Å². The van der Waals surface area contributed by atoms with E-state index in [0.29, 0.717) is 4.90 Å². The molecule has 5 nitrogen and oxygen atoms in total. The molecule has 3 rings (SSSR count). The lowest BCUT2D eigenvalue weighted by Gasteiger charge is -2.36. The molecule has 1 aromatic carbocycles. The van der Waals surface area contributed by atoms with Crippen molar-refractivity contribution in [2.24, 2.45) is 0 Å². The van der Waals surface area contributed by atoms with E-state index in [-0.39, 0.29) is 6.04 Å². The van der Waals surface area contributed by atoms with E-state index in [9.17, 15) is 8.42 Å². The number of rotatable bonds is 6. The second kappa shape index (κ2) is 8.29. The molecule has 0 atom stereocenters. The van der Waals surface area contributed by atoms with Crippen LogP contribution in [0.25, 0.3) is 0 Å². The summed E-state index contributed by atoms with van der Waals surface area (Å²) in [6.07, 6.45) is 4.49. The summed E-state index contributed by atoms with van der Waals surface area (Å²) in [7, 11) is -1.71. The topological polar surface area (TPSA) is 53.5 Å². The smallest absolute Gasteiger partial charge is 0.243 e. The third-order valence-electron chi connectivity index (χ3n) is 5.15. The number of likely N-dealkylation sites (tertiary alicyclic amines) is 1. The Balaban J connectivity index is 1.55. The van der Waals surface area contributed by atoms with Gasteiger partial charge in [-0.2, -0.15) is 4.31 Å². The van der Waals surface area contributed by atoms with Crippen molar-refractivity contribution in [2.45, 2.75) is 37.1 Å². The number of nitrogens with zero attached hydrogens (tertiary/aromatic N) is 3. The highest BCUT2D eigenvalue weighted by molar-refractivity contribution is 7.89. The van der Waals surface area contributed by atoms with E-state index in [1.165, 1.54) is 0 Å². The minimum atomic E-state index is -3.43. The summed E-state index contributed by atoms with van der Waals surface area (Å²) in [5, 5.41) is 0. The van der Waals surface area contributed by atoms with Gasteiger partial charge in [-0.15, -0.1) is 0 Å². The summed E-state index contributed by atoms with van der Waals surface area (Å²) < 4.78 is 27.3. The van der Waals surface area contributed by atoms with Crippen LogP contribution in [-0.2, 0) is 16.4 Å². The molecule has 0 N–H and O–H groups in total. The summed E-state index contributed by atoms with van der Waals surface area (Å²) in [5.41, 5.74) is 2.07. The van der Waals surface area contributed by atoms with Crippen molar-refractivity contribution in [3.63, 3.8) is 0 Å². The fourth-order valence-corrected chi connectivity index (χ4v) is 4.98. The van der Waals surface area contributed by atoms with E-state index in [0.717, 1.165) is 50.2 Å². The van der Waals surface area contributed by atoms with Gasteiger partial charge in [-0.1, -0.05) is 18.2 Å². The number of aryl methyl sites for hydroxylation is 1. The normalized spacial score (nSPS) is 16.9. The van der Waals surface area contributed by atoms with E-state index in [2.05, 4.69) is 16.0 Å². The summed E-state index contributed by atoms with van der Waals surface area (Å²) in [6, 6.07) is 13.2. The maximum absolute atomic E-state index is 12.9. The van der Waals surface area contributed by atoms with Gasteiger partial charge in [0.15, 0.2) is 0 Å². The molecule has 0 aliphatic carbocycles. The second-order valence-corrected chi connectivity index (χ2v) is 8.98. The molecule has 2 aromatic rings. The monoisotopic (exact) mass is 373 g/mol. The Morgan fingerprint density at radius 3 is 2.58 bits per heavy atom. The Morgan fingerprint density at radius 1 is 1.15 bits per heavy atom. The zero-order chi connectivity index (χ0) is 18.6. The Bertz CT molecular complexity index is 816. The highest BCUT2D eigenvalue weighted by atomic mass is 32.2. The van der Waals surface area contributed by atoms with Crippen LogP contribution in [0.3, 0.4) is 0 Å². The molecule has 6 heteroatoms. The third-order valence-corrected chi connectivity index (χ3v) is 7.05. The van der Waals surface area contributed by atoms with Gasteiger partial charge in [0.05, 0.1) is 4.90 Å². The van der Waals surface area contributed by atoms with Gasteiger partial charge in [0.25, 0.3) is 0 Å². The maximum Gasteiger partial charge on any atom is 0.243 e. The zero-order valence-electron chi connectivity index (χ0n) is 15.5. The molecule has 140 valence electrons. The summed E-state index contributed by atoms with van der Waals surface area (Å²) >= 11 is 0. The van der Waals surface area contributed by atoms with Crippen LogP contribution in [-0.4, -0.2) is 55.3 Å². The van der Waals surface area contributed by atoms with Crippen LogP contribution in [0.2, 0.25) is 0 Å². The standard InChI is InChI=1S/C20H27N3O2S/c1-17-6-5-8-20(16-17)26(24,25)22(2)19-10-14-23(15-11-19)13-9-18-7-3-4-12-21-18/h3-8,12,16,19H,9-11,13-15H2,1-2H3. The molecule has 0 radical (unpaired) electrons. The van der Waals surface area contributed by atoms with Crippen LogP contribution in [0.1, 0.15) is 24.1 Å². The predicted octanol–water partition coefficient (Wildman–Crippen LogP) is 2.72. The first-order valence-corrected chi connectivity index (χ1v) is 10.6. The number of benzene rings is 1. The van der Waals surface area contributed by atoms with Crippen LogP contribution >= 0.6 is 0 Å². The summed E-state index contributed by atoms with van der Waals surface area (Å²) in [6.45, 7) is 4.73. The number of aromatic nitrogens is 1. The molecule has 26 heavy (non-hydrogen) atoms. The van der Waals surface area contributed by atoms with Gasteiger partial charge in [-0.25, -0.2) is 8.42 Å². The Morgan fingerprint density at radius 2 is 1.92 bits per heavy atom. The molecular formula is C20H27N3O2S. The molecule has 1 saturated heterocycles. The van der Waals surface area contributed by atoms with Gasteiger partial charge in [-0.3, -0.25) is 4.98 Å². The number of sulfonamides is 1. The van der Waals surface area contributed by atoms with Crippen molar-refractivity contribution in [3.8, 4) is 0 Å². The van der Waals surface area contributed by atoms with Gasteiger partial charge < -0.3 is 4.90 Å². The van der Waals surface area contributed by atoms with E-state index >= 15 is 0 Å². The number of pyridine rings is 1. The lowest BCUT2D eigenvalue weighted by Crippen LogP contribution is -2.45. The van der Waals surface area contributed by atoms with Crippen molar-refractivity contribution in [3.05, 3.63) is 59.9 Å². The van der Waals surface area contributed by atoms with Gasteiger partial charge in [0, 0.05) is 37.9 Å². The second-order valence-electron chi connectivity index (χ2n) is 6.98. The molecule has 0 amide bonds. The van der Waals surface area contributed by atoms with E-state index in [4.69, 9.17) is 0 Å². The molecule has 1 aliphatic heterocycles. The molecule has 1 aliphatic rings. The SMILES string of the molecule is Cc1cccc(S(=O)(=O)N(C)C2CCN(CCc3ccccn3)CC2)c1. The highest BCUT2D eigenvalue weighted by Crippen LogP contribution is 2.23. The number of hydrogen-bond donors (Lipinski definition) is 0. The average molecular weight is 374 g/mol. The molecule has 1 fully saturated rings. The summed E-state index contributed by atoms with van der Waals surface area (Å²) in [5.74, 6) is 0. The third kappa shape index (κ3) is 4.50. The molecule has 0 spiro atoms. The molecule has 0 bridgehead atoms.